The minimum atomic E-state index is 0.841. The lowest BCUT2D eigenvalue weighted by atomic mass is 9.95. The maximum atomic E-state index is 2.49. The van der Waals surface area contributed by atoms with Gasteiger partial charge in [0, 0.05) is 0 Å². The summed E-state index contributed by atoms with van der Waals surface area (Å²) < 4.78 is 0. The first-order valence-corrected chi connectivity index (χ1v) is 5.03. The first-order chi connectivity index (χ1) is 5.34. The van der Waals surface area contributed by atoms with Crippen molar-refractivity contribution in [1.29, 1.82) is 0 Å². The van der Waals surface area contributed by atoms with Crippen molar-refractivity contribution < 1.29 is 0 Å². The average Bonchev–Trinajstić information content (AvgIpc) is 2.30. The molecular formula is C11H20. The highest BCUT2D eigenvalue weighted by atomic mass is 14.1. The molecule has 0 aromatic carbocycles. The van der Waals surface area contributed by atoms with Crippen LogP contribution in [-0.2, 0) is 0 Å². The SMILES string of the molecule is CCC(C)C1=CCCCCC1. The van der Waals surface area contributed by atoms with Crippen LogP contribution < -0.4 is 0 Å². The van der Waals surface area contributed by atoms with E-state index in [1.807, 2.05) is 0 Å². The summed E-state index contributed by atoms with van der Waals surface area (Å²) in [5.41, 5.74) is 1.73. The molecule has 1 aliphatic rings. The second kappa shape index (κ2) is 4.58. The minimum absolute atomic E-state index is 0.841. The third kappa shape index (κ3) is 2.69. The normalized spacial score (nSPS) is 22.2. The Labute approximate surface area is 70.7 Å². The predicted octanol–water partition coefficient (Wildman–Crippen LogP) is 3.92. The fourth-order valence-electron chi connectivity index (χ4n) is 1.75. The van der Waals surface area contributed by atoms with Crippen molar-refractivity contribution >= 4 is 0 Å². The van der Waals surface area contributed by atoms with E-state index in [-0.39, 0.29) is 0 Å². The molecule has 64 valence electrons. The molecule has 0 N–H and O–H groups in total. The van der Waals surface area contributed by atoms with Gasteiger partial charge in [0.05, 0.1) is 0 Å². The van der Waals surface area contributed by atoms with E-state index < -0.39 is 0 Å². The summed E-state index contributed by atoms with van der Waals surface area (Å²) >= 11 is 0. The van der Waals surface area contributed by atoms with Crippen LogP contribution in [0.1, 0.15) is 52.4 Å². The van der Waals surface area contributed by atoms with Gasteiger partial charge in [-0.05, 0) is 38.0 Å². The van der Waals surface area contributed by atoms with Gasteiger partial charge >= 0.3 is 0 Å². The molecule has 0 saturated heterocycles. The van der Waals surface area contributed by atoms with Gasteiger partial charge in [-0.3, -0.25) is 0 Å². The number of hydrogen-bond donors (Lipinski definition) is 0. The van der Waals surface area contributed by atoms with Crippen LogP contribution >= 0.6 is 0 Å². The second-order valence-corrected chi connectivity index (χ2v) is 3.69. The highest BCUT2D eigenvalue weighted by Crippen LogP contribution is 2.24. The van der Waals surface area contributed by atoms with Crippen LogP contribution in [0.5, 0.6) is 0 Å². The molecule has 0 spiro atoms. The van der Waals surface area contributed by atoms with Crippen LogP contribution in [0.3, 0.4) is 0 Å². The fourth-order valence-corrected chi connectivity index (χ4v) is 1.75. The van der Waals surface area contributed by atoms with Gasteiger partial charge in [0.15, 0.2) is 0 Å². The van der Waals surface area contributed by atoms with E-state index in [1.165, 1.54) is 38.5 Å². The molecule has 0 heterocycles. The van der Waals surface area contributed by atoms with E-state index in [1.54, 1.807) is 5.57 Å². The zero-order chi connectivity index (χ0) is 8.10. The van der Waals surface area contributed by atoms with Crippen LogP contribution in [0.2, 0.25) is 0 Å². The van der Waals surface area contributed by atoms with Crippen LogP contribution in [0.15, 0.2) is 11.6 Å². The van der Waals surface area contributed by atoms with Crippen LogP contribution in [0.25, 0.3) is 0 Å². The largest absolute Gasteiger partial charge is 0.0851 e. The molecule has 0 amide bonds. The standard InChI is InChI=1S/C11H20/c1-3-10(2)11-8-6-4-5-7-9-11/h8,10H,3-7,9H2,1-2H3. The zero-order valence-corrected chi connectivity index (χ0v) is 7.90. The molecule has 1 unspecified atom stereocenters. The van der Waals surface area contributed by atoms with Crippen molar-refractivity contribution in [3.63, 3.8) is 0 Å². The summed E-state index contributed by atoms with van der Waals surface area (Å²) in [5, 5.41) is 0. The Bertz CT molecular complexity index is 133. The Balaban J connectivity index is 2.46. The van der Waals surface area contributed by atoms with Gasteiger partial charge in [-0.25, -0.2) is 0 Å². The van der Waals surface area contributed by atoms with E-state index in [4.69, 9.17) is 0 Å². The summed E-state index contributed by atoms with van der Waals surface area (Å²) in [6, 6.07) is 0. The molecule has 0 nitrogen and oxygen atoms in total. The Morgan fingerprint density at radius 1 is 1.36 bits per heavy atom. The lowest BCUT2D eigenvalue weighted by Crippen LogP contribution is -1.96. The lowest BCUT2D eigenvalue weighted by Gasteiger charge is -2.11. The van der Waals surface area contributed by atoms with E-state index in [2.05, 4.69) is 19.9 Å². The van der Waals surface area contributed by atoms with Crippen molar-refractivity contribution in [2.75, 3.05) is 0 Å². The molecule has 0 heteroatoms. The van der Waals surface area contributed by atoms with Gasteiger partial charge in [-0.15, -0.1) is 0 Å². The topological polar surface area (TPSA) is 0 Å². The van der Waals surface area contributed by atoms with Gasteiger partial charge in [-0.2, -0.15) is 0 Å². The van der Waals surface area contributed by atoms with Crippen molar-refractivity contribution in [3.05, 3.63) is 11.6 Å². The molecule has 1 aliphatic carbocycles. The molecule has 0 aromatic heterocycles. The molecule has 0 aliphatic heterocycles. The third-order valence-electron chi connectivity index (χ3n) is 2.82. The Hall–Kier alpha value is -0.260. The Kier molecular flexibility index (Phi) is 3.68. The number of hydrogen-bond acceptors (Lipinski definition) is 0. The van der Waals surface area contributed by atoms with Crippen molar-refractivity contribution in [1.82, 2.24) is 0 Å². The van der Waals surface area contributed by atoms with Gasteiger partial charge in [0.1, 0.15) is 0 Å². The Morgan fingerprint density at radius 2 is 2.18 bits per heavy atom. The molecule has 0 bridgehead atoms. The fraction of sp³-hybridized carbons (Fsp3) is 0.818. The van der Waals surface area contributed by atoms with Crippen LogP contribution in [-0.4, -0.2) is 0 Å². The highest BCUT2D eigenvalue weighted by molar-refractivity contribution is 5.06. The molecule has 1 atom stereocenters. The maximum absolute atomic E-state index is 2.49. The predicted molar refractivity (Wildman–Crippen MR) is 50.6 cm³/mol. The molecule has 0 aromatic rings. The monoisotopic (exact) mass is 152 g/mol. The molecule has 1 rings (SSSR count). The van der Waals surface area contributed by atoms with Crippen molar-refractivity contribution in [3.8, 4) is 0 Å². The summed E-state index contributed by atoms with van der Waals surface area (Å²) in [7, 11) is 0. The smallest absolute Gasteiger partial charge is 0.0234 e. The second-order valence-electron chi connectivity index (χ2n) is 3.69. The third-order valence-corrected chi connectivity index (χ3v) is 2.82. The summed E-state index contributed by atoms with van der Waals surface area (Å²) in [6.07, 6.45) is 10.8. The molecular weight excluding hydrogens is 132 g/mol. The van der Waals surface area contributed by atoms with Crippen LogP contribution in [0, 0.1) is 5.92 Å². The van der Waals surface area contributed by atoms with E-state index in [0.717, 1.165) is 5.92 Å². The summed E-state index contributed by atoms with van der Waals surface area (Å²) in [5.74, 6) is 0.841. The van der Waals surface area contributed by atoms with Gasteiger partial charge < -0.3 is 0 Å². The molecule has 0 saturated carbocycles. The zero-order valence-electron chi connectivity index (χ0n) is 7.90. The first kappa shape index (κ1) is 8.83. The quantitative estimate of drug-likeness (QED) is 0.526. The average molecular weight is 152 g/mol. The Morgan fingerprint density at radius 3 is 2.91 bits per heavy atom. The number of allylic oxidation sites excluding steroid dienone is 2. The van der Waals surface area contributed by atoms with Crippen molar-refractivity contribution in [2.45, 2.75) is 52.4 Å². The first-order valence-electron chi connectivity index (χ1n) is 5.03. The van der Waals surface area contributed by atoms with Gasteiger partial charge in [-0.1, -0.05) is 31.9 Å². The number of rotatable bonds is 2. The lowest BCUT2D eigenvalue weighted by molar-refractivity contribution is 0.608. The minimum Gasteiger partial charge on any atom is -0.0851 e. The van der Waals surface area contributed by atoms with Gasteiger partial charge in [0.25, 0.3) is 0 Å². The van der Waals surface area contributed by atoms with E-state index >= 15 is 0 Å². The highest BCUT2D eigenvalue weighted by Gasteiger charge is 2.07. The summed E-state index contributed by atoms with van der Waals surface area (Å²) in [4.78, 5) is 0. The molecule has 0 fully saturated rings. The summed E-state index contributed by atoms with van der Waals surface area (Å²) in [6.45, 7) is 4.65. The van der Waals surface area contributed by atoms with E-state index in [0.29, 0.717) is 0 Å². The molecule has 0 radical (unpaired) electrons. The maximum Gasteiger partial charge on any atom is -0.0234 e. The molecule has 11 heavy (non-hydrogen) atoms. The van der Waals surface area contributed by atoms with Gasteiger partial charge in [0.2, 0.25) is 0 Å². The van der Waals surface area contributed by atoms with Crippen LogP contribution in [0.4, 0.5) is 0 Å². The van der Waals surface area contributed by atoms with E-state index in [9.17, 15) is 0 Å². The van der Waals surface area contributed by atoms with Crippen molar-refractivity contribution in [2.24, 2.45) is 5.92 Å².